The van der Waals surface area contributed by atoms with Crippen molar-refractivity contribution in [2.75, 3.05) is 29.4 Å². The third-order valence-electron chi connectivity index (χ3n) is 9.73. The van der Waals surface area contributed by atoms with Crippen LogP contribution in [0.4, 0.5) is 11.4 Å². The first-order valence-electron chi connectivity index (χ1n) is 14.4. The molecule has 5 nitrogen and oxygen atoms in total. The first-order valence-corrected chi connectivity index (χ1v) is 14.4. The van der Waals surface area contributed by atoms with Crippen molar-refractivity contribution < 1.29 is 14.6 Å². The van der Waals surface area contributed by atoms with Gasteiger partial charge in [0.1, 0.15) is 11.9 Å². The zero-order valence-corrected chi connectivity index (χ0v) is 22.0. The van der Waals surface area contributed by atoms with E-state index in [0.29, 0.717) is 6.04 Å². The summed E-state index contributed by atoms with van der Waals surface area (Å²) in [4.78, 5) is 16.3. The van der Waals surface area contributed by atoms with Gasteiger partial charge in [0.25, 0.3) is 0 Å². The Kier molecular flexibility index (Phi) is 5.53. The van der Waals surface area contributed by atoms with Gasteiger partial charge in [0.15, 0.2) is 0 Å². The molecular weight excluding hydrogens is 460 g/mol. The molecule has 0 radical (unpaired) electrons. The Hall–Kier alpha value is -2.95. The fourth-order valence-corrected chi connectivity index (χ4v) is 8.17. The smallest absolute Gasteiger partial charge is 0.303 e. The molecule has 1 fully saturated rings. The second-order valence-electron chi connectivity index (χ2n) is 12.0. The molecule has 2 aromatic rings. The van der Waals surface area contributed by atoms with E-state index in [2.05, 4.69) is 53.1 Å². The number of carbonyl (C=O) groups is 1. The van der Waals surface area contributed by atoms with Gasteiger partial charge in [-0.15, -0.1) is 0 Å². The average Bonchev–Trinajstić information content (AvgIpc) is 3.16. The molecule has 7 rings (SSSR count). The Morgan fingerprint density at radius 1 is 1.11 bits per heavy atom. The molecule has 37 heavy (non-hydrogen) atoms. The summed E-state index contributed by atoms with van der Waals surface area (Å²) in [5.74, 6) is 0.477. The zero-order valence-electron chi connectivity index (χ0n) is 22.0. The molecule has 2 aromatic carbocycles. The molecule has 5 heterocycles. The molecule has 3 unspecified atom stereocenters. The Balaban J connectivity index is 1.27. The van der Waals surface area contributed by atoms with E-state index in [1.165, 1.54) is 77.3 Å². The summed E-state index contributed by atoms with van der Waals surface area (Å²) in [6.07, 6.45) is 12.5. The molecule has 1 saturated heterocycles. The molecule has 5 aliphatic heterocycles. The van der Waals surface area contributed by atoms with Gasteiger partial charge in [-0.1, -0.05) is 38.0 Å². The summed E-state index contributed by atoms with van der Waals surface area (Å²) in [6.45, 7) is 5.83. The van der Waals surface area contributed by atoms with Crippen LogP contribution in [0.5, 0.6) is 5.75 Å². The predicted octanol–water partition coefficient (Wildman–Crippen LogP) is 6.12. The Bertz CT molecular complexity index is 1280. The van der Waals surface area contributed by atoms with Crippen LogP contribution in [-0.2, 0) is 23.1 Å². The van der Waals surface area contributed by atoms with Crippen LogP contribution in [0.25, 0.3) is 6.08 Å². The molecule has 1 N–H and O–H groups in total. The van der Waals surface area contributed by atoms with Crippen LogP contribution >= 0.6 is 0 Å². The van der Waals surface area contributed by atoms with Crippen molar-refractivity contribution in [2.45, 2.75) is 88.7 Å². The summed E-state index contributed by atoms with van der Waals surface area (Å²) in [6, 6.07) is 11.7. The predicted molar refractivity (Wildman–Crippen MR) is 148 cm³/mol. The highest BCUT2D eigenvalue weighted by Gasteiger charge is 2.53. The lowest BCUT2D eigenvalue weighted by Crippen LogP contribution is -2.53. The van der Waals surface area contributed by atoms with Crippen LogP contribution in [0.3, 0.4) is 0 Å². The topological polar surface area (TPSA) is 53.0 Å². The van der Waals surface area contributed by atoms with Crippen molar-refractivity contribution in [3.63, 3.8) is 0 Å². The van der Waals surface area contributed by atoms with E-state index >= 15 is 0 Å². The first kappa shape index (κ1) is 23.2. The largest absolute Gasteiger partial charge is 0.485 e. The molecule has 0 amide bonds. The summed E-state index contributed by atoms with van der Waals surface area (Å²) in [5, 5.41) is 9.07. The lowest BCUT2D eigenvalue weighted by atomic mass is 9.69. The van der Waals surface area contributed by atoms with Crippen molar-refractivity contribution in [3.05, 3.63) is 58.2 Å². The van der Waals surface area contributed by atoms with Gasteiger partial charge < -0.3 is 19.6 Å². The number of hydrogen-bond donors (Lipinski definition) is 1. The van der Waals surface area contributed by atoms with Crippen LogP contribution in [-0.4, -0.2) is 42.9 Å². The lowest BCUT2D eigenvalue weighted by molar-refractivity contribution is -0.137. The highest BCUT2D eigenvalue weighted by Crippen LogP contribution is 2.55. The fraction of sp³-hybridized carbons (Fsp3) is 0.531. The van der Waals surface area contributed by atoms with Crippen LogP contribution in [0.2, 0.25) is 0 Å². The van der Waals surface area contributed by atoms with Crippen molar-refractivity contribution >= 4 is 23.4 Å². The maximum atomic E-state index is 11.0. The number of anilines is 2. The molecule has 0 bridgehead atoms. The van der Waals surface area contributed by atoms with Crippen molar-refractivity contribution in [2.24, 2.45) is 0 Å². The van der Waals surface area contributed by atoms with Gasteiger partial charge in [0, 0.05) is 60.4 Å². The number of carboxylic acids is 1. The number of unbranched alkanes of at least 4 members (excludes halogenated alkanes) is 2. The molecule has 0 aliphatic carbocycles. The van der Waals surface area contributed by atoms with E-state index in [1.807, 2.05) is 0 Å². The van der Waals surface area contributed by atoms with E-state index in [1.54, 1.807) is 0 Å². The number of rotatable bonds is 6. The minimum Gasteiger partial charge on any atom is -0.485 e. The van der Waals surface area contributed by atoms with E-state index < -0.39 is 5.97 Å². The van der Waals surface area contributed by atoms with E-state index in [9.17, 15) is 4.79 Å². The van der Waals surface area contributed by atoms with Gasteiger partial charge in [-0.2, -0.15) is 0 Å². The third kappa shape index (κ3) is 3.60. The summed E-state index contributed by atoms with van der Waals surface area (Å²) in [5.41, 5.74) is 10.0. The molecule has 3 atom stereocenters. The molecule has 0 aromatic heterocycles. The SMILES string of the molecule is CC1(CCCCCC(=O)O)c2ccccc2N2CCC3Oc4c(cc5c6c4CCCN6CCC5)C=C3C21. The van der Waals surface area contributed by atoms with Gasteiger partial charge in [0.05, 0.1) is 6.04 Å². The van der Waals surface area contributed by atoms with Gasteiger partial charge in [-0.3, -0.25) is 4.79 Å². The van der Waals surface area contributed by atoms with Gasteiger partial charge in [0.2, 0.25) is 0 Å². The Morgan fingerprint density at radius 2 is 1.95 bits per heavy atom. The van der Waals surface area contributed by atoms with Crippen LogP contribution in [0, 0.1) is 0 Å². The number of hydrogen-bond acceptors (Lipinski definition) is 4. The summed E-state index contributed by atoms with van der Waals surface area (Å²) >= 11 is 0. The standard InChI is InChI=1S/C32H38N2O3/c1-32(15-6-2-3-13-28(35)36)25-11-4-5-12-26(25)34-18-14-27-24(31(32)34)20-22-19-21-9-7-16-33-17-8-10-23(29(21)33)30(22)37-27/h4-5,11-12,19-20,27,31H,2-3,6-10,13-18H2,1H3,(H,35,36). The molecule has 194 valence electrons. The molecular formula is C32H38N2O3. The van der Waals surface area contributed by atoms with Crippen molar-refractivity contribution in [1.82, 2.24) is 0 Å². The van der Waals surface area contributed by atoms with Crippen molar-refractivity contribution in [1.29, 1.82) is 0 Å². The van der Waals surface area contributed by atoms with Crippen molar-refractivity contribution in [3.8, 4) is 5.75 Å². The zero-order chi connectivity index (χ0) is 25.1. The van der Waals surface area contributed by atoms with Gasteiger partial charge in [-0.25, -0.2) is 0 Å². The maximum Gasteiger partial charge on any atom is 0.303 e. The Morgan fingerprint density at radius 3 is 2.81 bits per heavy atom. The quantitative estimate of drug-likeness (QED) is 0.487. The number of nitrogens with zero attached hydrogens (tertiary/aromatic N) is 2. The summed E-state index contributed by atoms with van der Waals surface area (Å²) in [7, 11) is 0. The fourth-order valence-electron chi connectivity index (χ4n) is 8.17. The lowest BCUT2D eigenvalue weighted by Gasteiger charge is -2.47. The minimum absolute atomic E-state index is 0.00947. The third-order valence-corrected chi connectivity index (χ3v) is 9.73. The molecule has 0 saturated carbocycles. The van der Waals surface area contributed by atoms with Crippen LogP contribution in [0.1, 0.15) is 80.5 Å². The molecule has 5 aliphatic rings. The minimum atomic E-state index is -0.689. The molecule has 0 spiro atoms. The number of piperidine rings is 1. The number of aliphatic carboxylic acids is 1. The second-order valence-corrected chi connectivity index (χ2v) is 12.0. The first-order chi connectivity index (χ1) is 18.0. The molecule has 5 heteroatoms. The van der Waals surface area contributed by atoms with E-state index in [0.717, 1.165) is 45.1 Å². The number of para-hydroxylation sites is 1. The average molecular weight is 499 g/mol. The van der Waals surface area contributed by atoms with Crippen LogP contribution in [0.15, 0.2) is 35.9 Å². The highest BCUT2D eigenvalue weighted by molar-refractivity contribution is 5.79. The van der Waals surface area contributed by atoms with Gasteiger partial charge >= 0.3 is 5.97 Å². The van der Waals surface area contributed by atoms with Crippen LogP contribution < -0.4 is 14.5 Å². The normalized spacial score (nSPS) is 26.8. The number of benzene rings is 2. The Labute approximate surface area is 220 Å². The van der Waals surface area contributed by atoms with Gasteiger partial charge in [-0.05, 0) is 73.4 Å². The highest BCUT2D eigenvalue weighted by atomic mass is 16.5. The second kappa shape index (κ2) is 8.82. The maximum absolute atomic E-state index is 11.0. The van der Waals surface area contributed by atoms with E-state index in [4.69, 9.17) is 9.84 Å². The number of ether oxygens (including phenoxy) is 1. The number of aryl methyl sites for hydroxylation is 1. The summed E-state index contributed by atoms with van der Waals surface area (Å²) < 4.78 is 6.99. The number of fused-ring (bicyclic) bond motifs is 7. The van der Waals surface area contributed by atoms with E-state index in [-0.39, 0.29) is 17.9 Å². The monoisotopic (exact) mass is 498 g/mol. The number of carboxylic acid groups (broad SMARTS) is 1.